The molecule has 1 aromatic carbocycles. The number of carboxylic acids is 1. The minimum absolute atomic E-state index is 0.0160. The van der Waals surface area contributed by atoms with E-state index in [0.29, 0.717) is 5.39 Å². The Morgan fingerprint density at radius 1 is 1.40 bits per heavy atom. The lowest BCUT2D eigenvalue weighted by molar-refractivity contribution is 0.0699. The Bertz CT molecular complexity index is 558. The molecule has 2 aromatic rings. The van der Waals surface area contributed by atoms with Crippen molar-refractivity contribution in [3.05, 3.63) is 28.7 Å². The molecule has 0 spiro atoms. The van der Waals surface area contributed by atoms with Gasteiger partial charge in [0.1, 0.15) is 0 Å². The van der Waals surface area contributed by atoms with Crippen molar-refractivity contribution in [3.63, 3.8) is 0 Å². The number of nitrogens with one attached hydrogen (secondary N) is 1. The molecule has 3 N–H and O–H groups in total. The number of aromatic nitrogens is 1. The van der Waals surface area contributed by atoms with Crippen LogP contribution in [0.25, 0.3) is 10.9 Å². The first-order chi connectivity index (χ1) is 7.15. The van der Waals surface area contributed by atoms with Gasteiger partial charge in [0.15, 0.2) is 5.69 Å². The summed E-state index contributed by atoms with van der Waals surface area (Å²) in [4.78, 5) is 23.6. The number of rotatable bonds is 2. The lowest BCUT2D eigenvalue weighted by Crippen LogP contribution is -1.96. The van der Waals surface area contributed by atoms with Gasteiger partial charge in [-0.2, -0.15) is 0 Å². The maximum atomic E-state index is 10.8. The number of aromatic amines is 1. The maximum absolute atomic E-state index is 10.8. The summed E-state index contributed by atoms with van der Waals surface area (Å²) in [5.41, 5.74) is 0.00269. The van der Waals surface area contributed by atoms with Crippen LogP contribution in [0.4, 0.5) is 5.69 Å². The van der Waals surface area contributed by atoms with Crippen molar-refractivity contribution in [1.29, 1.82) is 0 Å². The van der Waals surface area contributed by atoms with Gasteiger partial charge in [-0.15, -0.1) is 4.91 Å². The second kappa shape index (κ2) is 3.09. The van der Waals surface area contributed by atoms with Crippen molar-refractivity contribution in [2.45, 2.75) is 0 Å². The lowest BCUT2D eigenvalue weighted by atomic mass is 10.1. The van der Waals surface area contributed by atoms with E-state index >= 15 is 0 Å². The van der Waals surface area contributed by atoms with Crippen LogP contribution < -0.4 is 0 Å². The number of aromatic carboxylic acids is 1. The van der Waals surface area contributed by atoms with Gasteiger partial charge in [0.05, 0.1) is 11.1 Å². The van der Waals surface area contributed by atoms with Crippen LogP contribution in [0.2, 0.25) is 0 Å². The second-order valence-electron chi connectivity index (χ2n) is 2.95. The van der Waals surface area contributed by atoms with Gasteiger partial charge in [-0.25, -0.2) is 4.79 Å². The monoisotopic (exact) mass is 206 g/mol. The van der Waals surface area contributed by atoms with Crippen LogP contribution in [0.3, 0.4) is 0 Å². The van der Waals surface area contributed by atoms with Crippen LogP contribution in [0, 0.1) is 4.91 Å². The Hall–Kier alpha value is -2.37. The predicted molar refractivity (Wildman–Crippen MR) is 52.4 cm³/mol. The van der Waals surface area contributed by atoms with Crippen molar-refractivity contribution >= 4 is 22.6 Å². The first-order valence-electron chi connectivity index (χ1n) is 4.05. The zero-order valence-electron chi connectivity index (χ0n) is 7.39. The van der Waals surface area contributed by atoms with Gasteiger partial charge in [0, 0.05) is 5.39 Å². The summed E-state index contributed by atoms with van der Waals surface area (Å²) < 4.78 is 0. The molecule has 2 rings (SSSR count). The van der Waals surface area contributed by atoms with Gasteiger partial charge in [-0.3, -0.25) is 0 Å². The zero-order chi connectivity index (χ0) is 11.0. The van der Waals surface area contributed by atoms with Gasteiger partial charge in [0.25, 0.3) is 0 Å². The summed E-state index contributed by atoms with van der Waals surface area (Å²) in [5, 5.41) is 21.1. The maximum Gasteiger partial charge on any atom is 0.337 e. The number of benzene rings is 1. The van der Waals surface area contributed by atoms with Crippen LogP contribution in [0.5, 0.6) is 5.88 Å². The number of hydrogen-bond donors (Lipinski definition) is 3. The number of nitrogens with zero attached hydrogens (tertiary/aromatic N) is 1. The summed E-state index contributed by atoms with van der Waals surface area (Å²) in [5.74, 6) is -1.56. The smallest absolute Gasteiger partial charge is 0.337 e. The molecule has 6 heteroatoms. The van der Waals surface area contributed by atoms with Crippen molar-refractivity contribution in [2.24, 2.45) is 5.18 Å². The predicted octanol–water partition coefficient (Wildman–Crippen LogP) is 1.97. The van der Waals surface area contributed by atoms with E-state index in [1.54, 1.807) is 0 Å². The molecule has 0 aliphatic rings. The molecule has 0 radical (unpaired) electrons. The molecule has 0 aliphatic heterocycles. The first kappa shape index (κ1) is 9.20. The lowest BCUT2D eigenvalue weighted by Gasteiger charge is -1.95. The Morgan fingerprint density at radius 2 is 2.13 bits per heavy atom. The summed E-state index contributed by atoms with van der Waals surface area (Å²) >= 11 is 0. The highest BCUT2D eigenvalue weighted by Crippen LogP contribution is 2.36. The van der Waals surface area contributed by atoms with Crippen LogP contribution in [-0.4, -0.2) is 21.2 Å². The highest BCUT2D eigenvalue weighted by molar-refractivity contribution is 6.06. The van der Waals surface area contributed by atoms with Crippen LogP contribution >= 0.6 is 0 Å². The molecule has 0 atom stereocenters. The van der Waals surface area contributed by atoms with Crippen LogP contribution in [0.1, 0.15) is 10.4 Å². The van der Waals surface area contributed by atoms with Crippen molar-refractivity contribution < 1.29 is 15.0 Å². The second-order valence-corrected chi connectivity index (χ2v) is 2.95. The van der Waals surface area contributed by atoms with Crippen LogP contribution in [-0.2, 0) is 0 Å². The molecule has 15 heavy (non-hydrogen) atoms. The molecule has 0 saturated heterocycles. The van der Waals surface area contributed by atoms with Crippen molar-refractivity contribution in [1.82, 2.24) is 4.98 Å². The van der Waals surface area contributed by atoms with Crippen LogP contribution in [0.15, 0.2) is 23.4 Å². The fraction of sp³-hybridized carbons (Fsp3) is 0. The summed E-state index contributed by atoms with van der Waals surface area (Å²) in [6, 6.07) is 4.36. The molecule has 1 aromatic heterocycles. The average Bonchev–Trinajstić information content (AvgIpc) is 2.52. The van der Waals surface area contributed by atoms with E-state index in [2.05, 4.69) is 10.2 Å². The van der Waals surface area contributed by atoms with Gasteiger partial charge < -0.3 is 15.2 Å². The first-order valence-corrected chi connectivity index (χ1v) is 4.05. The third-order valence-corrected chi connectivity index (χ3v) is 2.11. The molecule has 1 heterocycles. The number of hydrogen-bond acceptors (Lipinski definition) is 4. The van der Waals surface area contributed by atoms with E-state index in [1.165, 1.54) is 18.2 Å². The van der Waals surface area contributed by atoms with Crippen molar-refractivity contribution in [2.75, 3.05) is 0 Å². The number of fused-ring (bicyclic) bond motifs is 1. The highest BCUT2D eigenvalue weighted by atomic mass is 16.4. The normalized spacial score (nSPS) is 10.4. The van der Waals surface area contributed by atoms with E-state index in [-0.39, 0.29) is 16.8 Å². The van der Waals surface area contributed by atoms with Gasteiger partial charge in [0.2, 0.25) is 5.88 Å². The quantitative estimate of drug-likeness (QED) is 0.653. The van der Waals surface area contributed by atoms with Gasteiger partial charge in [-0.1, -0.05) is 12.1 Å². The highest BCUT2D eigenvalue weighted by Gasteiger charge is 2.16. The number of H-pyrrole nitrogens is 1. The number of carboxylic acid groups (broad SMARTS) is 1. The Morgan fingerprint density at radius 3 is 2.73 bits per heavy atom. The minimum atomic E-state index is -1.14. The van der Waals surface area contributed by atoms with E-state index in [4.69, 9.17) is 5.11 Å². The molecule has 0 amide bonds. The molecule has 0 unspecified atom stereocenters. The van der Waals surface area contributed by atoms with Gasteiger partial charge in [-0.05, 0) is 11.2 Å². The number of carbonyl (C=O) groups is 1. The molecular weight excluding hydrogens is 200 g/mol. The number of aromatic hydroxyl groups is 1. The molecule has 0 fully saturated rings. The zero-order valence-corrected chi connectivity index (χ0v) is 7.39. The molecule has 76 valence electrons. The fourth-order valence-corrected chi connectivity index (χ4v) is 1.46. The largest absolute Gasteiger partial charge is 0.493 e. The van der Waals surface area contributed by atoms with E-state index in [9.17, 15) is 14.8 Å². The summed E-state index contributed by atoms with van der Waals surface area (Å²) in [6.45, 7) is 0. The minimum Gasteiger partial charge on any atom is -0.493 e. The summed E-state index contributed by atoms with van der Waals surface area (Å²) in [7, 11) is 0. The molecular formula is C9H6N2O4. The van der Waals surface area contributed by atoms with E-state index in [0.717, 1.165) is 0 Å². The number of nitroso groups, excluding NO2 is 1. The topological polar surface area (TPSA) is 103 Å². The third-order valence-electron chi connectivity index (χ3n) is 2.11. The SMILES string of the molecule is O=Nc1c(O)[nH]c2c(C(=O)O)cccc12. The van der Waals surface area contributed by atoms with E-state index < -0.39 is 11.8 Å². The average molecular weight is 206 g/mol. The standard InChI is InChI=1S/C9H6N2O4/c12-8-7(11-15)4-2-1-3-5(9(13)14)6(4)10-8/h1-3,10,12H,(H,13,14). The molecule has 0 bridgehead atoms. The fourth-order valence-electron chi connectivity index (χ4n) is 1.46. The third kappa shape index (κ3) is 1.23. The Balaban J connectivity index is 2.89. The van der Waals surface area contributed by atoms with E-state index in [1.807, 2.05) is 0 Å². The summed E-state index contributed by atoms with van der Waals surface area (Å²) in [6.07, 6.45) is 0. The Labute approximate surface area is 83.1 Å². The molecule has 0 aliphatic carbocycles. The molecule has 6 nitrogen and oxygen atoms in total. The number of para-hydroxylation sites is 1. The Kier molecular flexibility index (Phi) is 1.89. The van der Waals surface area contributed by atoms with Gasteiger partial charge >= 0.3 is 5.97 Å². The molecule has 0 saturated carbocycles. The van der Waals surface area contributed by atoms with Crippen molar-refractivity contribution in [3.8, 4) is 5.88 Å².